The van der Waals surface area contributed by atoms with Crippen LogP contribution in [0.15, 0.2) is 109 Å². The van der Waals surface area contributed by atoms with Crippen LogP contribution in [0.3, 0.4) is 0 Å². The monoisotopic (exact) mass is 1080 g/mol. The Hall–Kier alpha value is -3.44. The zero-order chi connectivity index (χ0) is 56.2. The summed E-state index contributed by atoms with van der Waals surface area (Å²) in [4.78, 5) is 24.6. The molecule has 5 nitrogen and oxygen atoms in total. The topological polar surface area (TPSA) is 72.8 Å². The van der Waals surface area contributed by atoms with Crippen LogP contribution in [0.5, 0.6) is 0 Å². The number of rotatable bonds is 61. The van der Waals surface area contributed by atoms with E-state index in [1.54, 1.807) is 0 Å². The van der Waals surface area contributed by atoms with Crippen LogP contribution in [0.4, 0.5) is 0 Å². The van der Waals surface area contributed by atoms with E-state index in [9.17, 15) is 14.7 Å². The van der Waals surface area contributed by atoms with Crippen molar-refractivity contribution < 1.29 is 24.2 Å². The molecule has 5 heteroatoms. The van der Waals surface area contributed by atoms with Crippen LogP contribution in [0.25, 0.3) is 0 Å². The van der Waals surface area contributed by atoms with Gasteiger partial charge in [0.1, 0.15) is 6.61 Å². The van der Waals surface area contributed by atoms with Crippen molar-refractivity contribution in [1.82, 2.24) is 0 Å². The third-order valence-electron chi connectivity index (χ3n) is 14.6. The van der Waals surface area contributed by atoms with E-state index < -0.39 is 6.10 Å². The predicted octanol–water partition coefficient (Wildman–Crippen LogP) is 23.2. The van der Waals surface area contributed by atoms with Crippen LogP contribution in [0, 0.1) is 0 Å². The van der Waals surface area contributed by atoms with Crippen LogP contribution in [0.2, 0.25) is 0 Å². The van der Waals surface area contributed by atoms with E-state index in [1.807, 2.05) is 0 Å². The summed E-state index contributed by atoms with van der Waals surface area (Å²) in [6.45, 7) is 3.94. The molecule has 0 amide bonds. The number of allylic oxidation sites excluding steroid dienone is 18. The maximum atomic E-state index is 12.4. The molecule has 0 aliphatic rings. The van der Waals surface area contributed by atoms with Crippen molar-refractivity contribution >= 4 is 11.9 Å². The van der Waals surface area contributed by atoms with Gasteiger partial charge in [0.05, 0.1) is 6.61 Å². The van der Waals surface area contributed by atoms with Crippen LogP contribution in [-0.2, 0) is 19.1 Å². The van der Waals surface area contributed by atoms with Crippen molar-refractivity contribution in [3.63, 3.8) is 0 Å². The van der Waals surface area contributed by atoms with E-state index in [0.29, 0.717) is 12.8 Å². The SMILES string of the molecule is CC/C=C\C/C=C\C/C=C\C/C=C\C/C=C\CCCCCCCCCCCCCCCCCCCCCCCCCC(=O)OC(CO)COC(=O)CCCCCCCCCCCCCC/C=C\C/C=C\C/C=C\C/C=C\CC. The van der Waals surface area contributed by atoms with Crippen molar-refractivity contribution in [2.45, 2.75) is 328 Å². The number of esters is 2. The van der Waals surface area contributed by atoms with Crippen molar-refractivity contribution in [3.8, 4) is 0 Å². The molecule has 0 rings (SSSR count). The van der Waals surface area contributed by atoms with Gasteiger partial charge in [-0.15, -0.1) is 0 Å². The fourth-order valence-corrected chi connectivity index (χ4v) is 9.64. The molecule has 0 aliphatic heterocycles. The van der Waals surface area contributed by atoms with Gasteiger partial charge in [-0.3, -0.25) is 9.59 Å². The fourth-order valence-electron chi connectivity index (χ4n) is 9.64. The molecule has 0 aromatic heterocycles. The summed E-state index contributed by atoms with van der Waals surface area (Å²) in [6, 6.07) is 0. The molecule has 78 heavy (non-hydrogen) atoms. The summed E-state index contributed by atoms with van der Waals surface area (Å²) in [5.41, 5.74) is 0. The number of unbranched alkanes of at least 4 members (excludes halogenated alkanes) is 35. The standard InChI is InChI=1S/C73H126O5/c1-3-5-7-9-11-13-15-17-19-21-23-25-27-29-30-31-32-33-34-35-36-37-38-39-40-41-42-44-46-48-50-52-54-56-58-60-62-64-66-68-73(76)78-71(69-74)70-77-72(75)67-65-63-61-59-57-55-53-51-49-47-45-43-28-26-24-22-20-18-16-14-12-10-8-6-4-2/h5-8,11-14,17-20,23-26,29-30,71,74H,3-4,9-10,15-16,21-22,27-28,31-70H2,1-2H3/b7-5-,8-6-,13-11-,14-12-,19-17-,20-18-,25-23-,26-24-,30-29-. The van der Waals surface area contributed by atoms with Crippen molar-refractivity contribution in [2.75, 3.05) is 13.2 Å². The first-order chi connectivity index (χ1) is 38.6. The highest BCUT2D eigenvalue weighted by molar-refractivity contribution is 5.70. The normalized spacial score (nSPS) is 12.9. The highest BCUT2D eigenvalue weighted by Gasteiger charge is 2.16. The van der Waals surface area contributed by atoms with Crippen molar-refractivity contribution in [2.24, 2.45) is 0 Å². The minimum Gasteiger partial charge on any atom is -0.462 e. The third kappa shape index (κ3) is 65.1. The van der Waals surface area contributed by atoms with Crippen molar-refractivity contribution in [3.05, 3.63) is 109 Å². The van der Waals surface area contributed by atoms with Crippen LogP contribution >= 0.6 is 0 Å². The number of aliphatic hydroxyl groups excluding tert-OH is 1. The molecule has 1 atom stereocenters. The number of aliphatic hydroxyl groups is 1. The van der Waals surface area contributed by atoms with Gasteiger partial charge in [-0.1, -0.05) is 322 Å². The van der Waals surface area contributed by atoms with Gasteiger partial charge in [0, 0.05) is 12.8 Å². The molecule has 0 aromatic carbocycles. The third-order valence-corrected chi connectivity index (χ3v) is 14.6. The zero-order valence-corrected chi connectivity index (χ0v) is 51.4. The number of hydrogen-bond acceptors (Lipinski definition) is 5. The fraction of sp³-hybridized carbons (Fsp3) is 0.726. The minimum atomic E-state index is -0.777. The van der Waals surface area contributed by atoms with Gasteiger partial charge in [0.25, 0.3) is 0 Å². The first-order valence-corrected chi connectivity index (χ1v) is 33.4. The number of hydrogen-bond donors (Lipinski definition) is 1. The summed E-state index contributed by atoms with van der Waals surface area (Å²) >= 11 is 0. The molecule has 0 aromatic rings. The highest BCUT2D eigenvalue weighted by Crippen LogP contribution is 2.18. The van der Waals surface area contributed by atoms with Crippen molar-refractivity contribution in [1.29, 1.82) is 0 Å². The maximum Gasteiger partial charge on any atom is 0.306 e. The summed E-state index contributed by atoms with van der Waals surface area (Å²) in [5, 5.41) is 9.69. The molecule has 0 bridgehead atoms. The smallest absolute Gasteiger partial charge is 0.306 e. The lowest BCUT2D eigenvalue weighted by Gasteiger charge is -2.15. The Balaban J connectivity index is 3.43. The Labute approximate surface area is 484 Å². The van der Waals surface area contributed by atoms with E-state index in [2.05, 4.69) is 123 Å². The second kappa shape index (κ2) is 67.8. The predicted molar refractivity (Wildman–Crippen MR) is 343 cm³/mol. The van der Waals surface area contributed by atoms with Gasteiger partial charge in [-0.2, -0.15) is 0 Å². The Morgan fingerprint density at radius 2 is 0.513 bits per heavy atom. The van der Waals surface area contributed by atoms with E-state index in [-0.39, 0.29) is 25.2 Å². The summed E-state index contributed by atoms with van der Waals surface area (Å²) in [7, 11) is 0. The second-order valence-electron chi connectivity index (χ2n) is 22.1. The van der Waals surface area contributed by atoms with Gasteiger partial charge in [0.2, 0.25) is 0 Å². The first-order valence-electron chi connectivity index (χ1n) is 33.4. The average Bonchev–Trinajstić information content (AvgIpc) is 3.44. The largest absolute Gasteiger partial charge is 0.462 e. The van der Waals surface area contributed by atoms with Gasteiger partial charge in [-0.05, 0) is 96.3 Å². The van der Waals surface area contributed by atoms with Gasteiger partial charge >= 0.3 is 11.9 Å². The molecule has 1 unspecified atom stereocenters. The highest BCUT2D eigenvalue weighted by atomic mass is 16.6. The summed E-state index contributed by atoms with van der Waals surface area (Å²) < 4.78 is 10.7. The van der Waals surface area contributed by atoms with E-state index in [1.165, 1.54) is 199 Å². The molecule has 1 N–H and O–H groups in total. The molecule has 0 aliphatic carbocycles. The molecule has 0 saturated carbocycles. The molecule has 0 spiro atoms. The molecule has 0 radical (unpaired) electrons. The molecular weight excluding hydrogens is 957 g/mol. The second-order valence-corrected chi connectivity index (χ2v) is 22.1. The number of carbonyl (C=O) groups excluding carboxylic acids is 2. The first kappa shape index (κ1) is 74.6. The van der Waals surface area contributed by atoms with E-state index in [0.717, 1.165) is 96.3 Å². The Bertz CT molecular complexity index is 1510. The molecule has 0 fully saturated rings. The average molecular weight is 1080 g/mol. The zero-order valence-electron chi connectivity index (χ0n) is 51.4. The van der Waals surface area contributed by atoms with Gasteiger partial charge in [-0.25, -0.2) is 0 Å². The summed E-state index contributed by atoms with van der Waals surface area (Å²) in [6.07, 6.45) is 98.2. The van der Waals surface area contributed by atoms with E-state index in [4.69, 9.17) is 9.47 Å². The quantitative estimate of drug-likeness (QED) is 0.0373. The Morgan fingerprint density at radius 3 is 0.769 bits per heavy atom. The van der Waals surface area contributed by atoms with Crippen LogP contribution < -0.4 is 0 Å². The lowest BCUT2D eigenvalue weighted by Crippen LogP contribution is -2.28. The molecular formula is C73H126O5. The van der Waals surface area contributed by atoms with Crippen LogP contribution in [-0.4, -0.2) is 36.4 Å². The lowest BCUT2D eigenvalue weighted by molar-refractivity contribution is -0.161. The minimum absolute atomic E-state index is 0.0673. The lowest BCUT2D eigenvalue weighted by atomic mass is 10.0. The molecule has 448 valence electrons. The Kier molecular flexibility index (Phi) is 64.8. The van der Waals surface area contributed by atoms with Crippen LogP contribution in [0.1, 0.15) is 322 Å². The summed E-state index contributed by atoms with van der Waals surface area (Å²) in [5.74, 6) is -0.582. The number of carbonyl (C=O) groups is 2. The van der Waals surface area contributed by atoms with Gasteiger partial charge < -0.3 is 14.6 Å². The maximum absolute atomic E-state index is 12.4. The van der Waals surface area contributed by atoms with E-state index >= 15 is 0 Å². The molecule has 0 heterocycles. The van der Waals surface area contributed by atoms with Gasteiger partial charge in [0.15, 0.2) is 6.10 Å². The Morgan fingerprint density at radius 1 is 0.295 bits per heavy atom. The molecule has 0 saturated heterocycles. The number of ether oxygens (including phenoxy) is 2.